The summed E-state index contributed by atoms with van der Waals surface area (Å²) in [5.74, 6) is 1.15. The number of rotatable bonds is 3. The van der Waals surface area contributed by atoms with E-state index in [2.05, 4.69) is 27.2 Å². The first kappa shape index (κ1) is 16.4. The van der Waals surface area contributed by atoms with Gasteiger partial charge in [-0.3, -0.25) is 4.79 Å². The van der Waals surface area contributed by atoms with Gasteiger partial charge in [0.1, 0.15) is 11.5 Å². The van der Waals surface area contributed by atoms with Gasteiger partial charge in [-0.05, 0) is 52.3 Å². The van der Waals surface area contributed by atoms with E-state index in [-0.39, 0.29) is 5.91 Å². The highest BCUT2D eigenvalue weighted by Gasteiger charge is 2.24. The molecule has 2 fully saturated rings. The number of nitrogens with zero attached hydrogens (tertiary/aromatic N) is 3. The van der Waals surface area contributed by atoms with Gasteiger partial charge in [-0.2, -0.15) is 0 Å². The molecule has 1 atom stereocenters. The fraction of sp³-hybridized carbons (Fsp3) is 0.722. The van der Waals surface area contributed by atoms with Crippen LogP contribution in [-0.4, -0.2) is 47.0 Å². The molecule has 1 aliphatic carbocycles. The van der Waals surface area contributed by atoms with Gasteiger partial charge in [-0.1, -0.05) is 19.3 Å². The summed E-state index contributed by atoms with van der Waals surface area (Å²) in [7, 11) is 2.14. The Kier molecular flexibility index (Phi) is 5.26. The smallest absolute Gasteiger partial charge is 0.270 e. The summed E-state index contributed by atoms with van der Waals surface area (Å²) in [6.45, 7) is 4.07. The summed E-state index contributed by atoms with van der Waals surface area (Å²) < 4.78 is 0. The topological polar surface area (TPSA) is 58.1 Å². The van der Waals surface area contributed by atoms with Crippen LogP contribution in [0.3, 0.4) is 0 Å². The van der Waals surface area contributed by atoms with Crippen molar-refractivity contribution in [2.45, 2.75) is 63.8 Å². The molecule has 1 amide bonds. The minimum Gasteiger partial charge on any atom is -0.348 e. The Hall–Kier alpha value is -1.49. The predicted octanol–water partition coefficient (Wildman–Crippen LogP) is 2.66. The van der Waals surface area contributed by atoms with E-state index in [1.807, 2.05) is 13.0 Å². The minimum atomic E-state index is -0.0344. The summed E-state index contributed by atoms with van der Waals surface area (Å²) >= 11 is 0. The van der Waals surface area contributed by atoms with Gasteiger partial charge < -0.3 is 10.2 Å². The van der Waals surface area contributed by atoms with Crippen LogP contribution in [0.2, 0.25) is 0 Å². The first-order chi connectivity index (χ1) is 11.1. The normalized spacial score (nSPS) is 23.7. The molecule has 5 heteroatoms. The van der Waals surface area contributed by atoms with E-state index in [4.69, 9.17) is 0 Å². The molecule has 2 aliphatic rings. The Morgan fingerprint density at radius 3 is 2.70 bits per heavy atom. The summed E-state index contributed by atoms with van der Waals surface area (Å²) in [6, 6.07) is 2.13. The Morgan fingerprint density at radius 2 is 1.96 bits per heavy atom. The van der Waals surface area contributed by atoms with E-state index in [1.54, 1.807) is 0 Å². The molecule has 1 N–H and O–H groups in total. The van der Waals surface area contributed by atoms with E-state index in [9.17, 15) is 4.79 Å². The van der Waals surface area contributed by atoms with Crippen LogP contribution in [0.15, 0.2) is 6.07 Å². The molecule has 2 heterocycles. The maximum atomic E-state index is 12.6. The molecule has 1 saturated heterocycles. The predicted molar refractivity (Wildman–Crippen MR) is 90.6 cm³/mol. The summed E-state index contributed by atoms with van der Waals surface area (Å²) in [5, 5.41) is 3.16. The minimum absolute atomic E-state index is 0.0344. The molecular formula is C18H28N4O. The van der Waals surface area contributed by atoms with Crippen molar-refractivity contribution < 1.29 is 4.79 Å². The second-order valence-electron chi connectivity index (χ2n) is 7.16. The number of likely N-dealkylation sites (tertiary alicyclic amines) is 1. The molecule has 0 radical (unpaired) electrons. The van der Waals surface area contributed by atoms with E-state index in [0.29, 0.717) is 17.7 Å². The van der Waals surface area contributed by atoms with Crippen LogP contribution in [-0.2, 0) is 0 Å². The van der Waals surface area contributed by atoms with Gasteiger partial charge in [-0.25, -0.2) is 9.97 Å². The van der Waals surface area contributed by atoms with E-state index in [0.717, 1.165) is 43.9 Å². The highest BCUT2D eigenvalue weighted by atomic mass is 16.1. The van der Waals surface area contributed by atoms with Crippen molar-refractivity contribution in [3.05, 3.63) is 23.3 Å². The molecule has 23 heavy (non-hydrogen) atoms. The summed E-state index contributed by atoms with van der Waals surface area (Å²) in [4.78, 5) is 24.1. The van der Waals surface area contributed by atoms with Crippen molar-refractivity contribution >= 4 is 5.91 Å². The van der Waals surface area contributed by atoms with Crippen LogP contribution in [0.25, 0.3) is 0 Å². The van der Waals surface area contributed by atoms with Crippen LogP contribution < -0.4 is 5.32 Å². The lowest BCUT2D eigenvalue weighted by molar-refractivity contribution is 0.0921. The third-order valence-electron chi connectivity index (χ3n) is 5.03. The fourth-order valence-electron chi connectivity index (χ4n) is 3.77. The number of likely N-dealkylation sites (N-methyl/N-ethyl adjacent to an activating group) is 1. The van der Waals surface area contributed by atoms with Crippen molar-refractivity contribution in [3.8, 4) is 0 Å². The van der Waals surface area contributed by atoms with Crippen molar-refractivity contribution in [1.29, 1.82) is 0 Å². The number of carbonyl (C=O) groups is 1. The van der Waals surface area contributed by atoms with Gasteiger partial charge in [0.05, 0.1) is 0 Å². The lowest BCUT2D eigenvalue weighted by Gasteiger charge is -2.29. The molecule has 5 nitrogen and oxygen atoms in total. The van der Waals surface area contributed by atoms with Crippen LogP contribution in [0.1, 0.15) is 72.9 Å². The van der Waals surface area contributed by atoms with E-state index >= 15 is 0 Å². The zero-order valence-corrected chi connectivity index (χ0v) is 14.3. The number of amides is 1. The van der Waals surface area contributed by atoms with Gasteiger partial charge in [0.25, 0.3) is 5.91 Å². The number of aryl methyl sites for hydroxylation is 1. The Balaban J connectivity index is 1.72. The number of piperidine rings is 1. The second-order valence-corrected chi connectivity index (χ2v) is 7.16. The Labute approximate surface area is 138 Å². The molecule has 1 saturated carbocycles. The van der Waals surface area contributed by atoms with Crippen molar-refractivity contribution in [2.24, 2.45) is 0 Å². The third-order valence-corrected chi connectivity index (χ3v) is 5.03. The van der Waals surface area contributed by atoms with Gasteiger partial charge in [-0.15, -0.1) is 0 Å². The number of hydrogen-bond donors (Lipinski definition) is 1. The van der Waals surface area contributed by atoms with Gasteiger partial charge in [0.2, 0.25) is 0 Å². The number of aromatic nitrogens is 2. The first-order valence-electron chi connectivity index (χ1n) is 8.97. The number of hydrogen-bond acceptors (Lipinski definition) is 4. The molecule has 0 spiro atoms. The standard InChI is InChI=1S/C18H28N4O/c1-13-11-16(18(23)20-15-8-4-3-5-9-15)21-17(19-13)14-7-6-10-22(2)12-14/h11,14-15H,3-10,12H2,1-2H3,(H,20,23). The van der Waals surface area contributed by atoms with Crippen molar-refractivity contribution in [1.82, 2.24) is 20.2 Å². The molecule has 1 aromatic rings. The quantitative estimate of drug-likeness (QED) is 0.931. The van der Waals surface area contributed by atoms with Gasteiger partial charge >= 0.3 is 0 Å². The molecule has 1 aliphatic heterocycles. The average molecular weight is 316 g/mol. The summed E-state index contributed by atoms with van der Waals surface area (Å²) in [5.41, 5.74) is 1.42. The van der Waals surface area contributed by atoms with Crippen molar-refractivity contribution in [2.75, 3.05) is 20.1 Å². The zero-order chi connectivity index (χ0) is 16.2. The Bertz CT molecular complexity index is 554. The largest absolute Gasteiger partial charge is 0.348 e. The third kappa shape index (κ3) is 4.28. The van der Waals surface area contributed by atoms with Gasteiger partial charge in [0.15, 0.2) is 0 Å². The lowest BCUT2D eigenvalue weighted by atomic mass is 9.95. The lowest BCUT2D eigenvalue weighted by Crippen LogP contribution is -2.37. The number of carbonyl (C=O) groups excluding carboxylic acids is 1. The summed E-state index contributed by atoms with van der Waals surface area (Å²) in [6.07, 6.45) is 8.19. The maximum Gasteiger partial charge on any atom is 0.270 e. The molecule has 0 bridgehead atoms. The maximum absolute atomic E-state index is 12.6. The molecule has 1 aromatic heterocycles. The second kappa shape index (κ2) is 7.39. The monoisotopic (exact) mass is 316 g/mol. The van der Waals surface area contributed by atoms with Gasteiger partial charge in [0, 0.05) is 24.2 Å². The first-order valence-corrected chi connectivity index (χ1v) is 8.97. The van der Waals surface area contributed by atoms with Crippen LogP contribution >= 0.6 is 0 Å². The zero-order valence-electron chi connectivity index (χ0n) is 14.3. The average Bonchev–Trinajstić information content (AvgIpc) is 2.55. The highest BCUT2D eigenvalue weighted by molar-refractivity contribution is 5.92. The molecule has 3 rings (SSSR count). The number of nitrogens with one attached hydrogen (secondary N) is 1. The van der Waals surface area contributed by atoms with Crippen LogP contribution in [0.4, 0.5) is 0 Å². The molecule has 0 aromatic carbocycles. The fourth-order valence-corrected chi connectivity index (χ4v) is 3.77. The van der Waals surface area contributed by atoms with E-state index < -0.39 is 0 Å². The van der Waals surface area contributed by atoms with Crippen LogP contribution in [0.5, 0.6) is 0 Å². The van der Waals surface area contributed by atoms with E-state index in [1.165, 1.54) is 25.7 Å². The molecular weight excluding hydrogens is 288 g/mol. The molecule has 126 valence electrons. The highest BCUT2D eigenvalue weighted by Crippen LogP contribution is 2.24. The molecule has 1 unspecified atom stereocenters. The Morgan fingerprint density at radius 1 is 1.17 bits per heavy atom. The SMILES string of the molecule is Cc1cc(C(=O)NC2CCCCC2)nc(C2CCCN(C)C2)n1. The van der Waals surface area contributed by atoms with Crippen LogP contribution in [0, 0.1) is 6.92 Å². The van der Waals surface area contributed by atoms with Crippen molar-refractivity contribution in [3.63, 3.8) is 0 Å².